The van der Waals surface area contributed by atoms with E-state index < -0.39 is 6.10 Å². The predicted octanol–water partition coefficient (Wildman–Crippen LogP) is 1.66. The fourth-order valence-corrected chi connectivity index (χ4v) is 2.57. The maximum Gasteiger partial charge on any atom is 0.123 e. The van der Waals surface area contributed by atoms with Crippen molar-refractivity contribution in [1.82, 2.24) is 0 Å². The minimum atomic E-state index is -0.482. The Morgan fingerprint density at radius 1 is 1.28 bits per heavy atom. The summed E-state index contributed by atoms with van der Waals surface area (Å²) in [5, 5.41) is 10.4. The Hall–Kier alpha value is -0.970. The molecule has 4 heteroatoms. The van der Waals surface area contributed by atoms with Gasteiger partial charge in [-0.3, -0.25) is 0 Å². The van der Waals surface area contributed by atoms with Gasteiger partial charge in [-0.25, -0.2) is 4.39 Å². The fourth-order valence-electron chi connectivity index (χ4n) is 2.57. The van der Waals surface area contributed by atoms with E-state index in [1.807, 2.05) is 0 Å². The van der Waals surface area contributed by atoms with Crippen molar-refractivity contribution in [3.8, 4) is 0 Å². The fraction of sp³-hybridized carbons (Fsp3) is 0.571. The van der Waals surface area contributed by atoms with Crippen LogP contribution in [0.4, 0.5) is 4.39 Å². The first-order valence-electron chi connectivity index (χ1n) is 6.43. The van der Waals surface area contributed by atoms with E-state index in [0.717, 1.165) is 18.4 Å². The van der Waals surface area contributed by atoms with Crippen LogP contribution in [0.5, 0.6) is 0 Å². The van der Waals surface area contributed by atoms with Gasteiger partial charge in [-0.1, -0.05) is 12.1 Å². The molecule has 2 unspecified atom stereocenters. The van der Waals surface area contributed by atoms with E-state index in [1.54, 1.807) is 12.1 Å². The number of hydrogen-bond acceptors (Lipinski definition) is 3. The largest absolute Gasteiger partial charge is 0.392 e. The number of nitrogens with two attached hydrogens (primary N) is 1. The molecule has 0 aromatic heterocycles. The highest BCUT2D eigenvalue weighted by Gasteiger charge is 2.29. The lowest BCUT2D eigenvalue weighted by Crippen LogP contribution is -2.35. The van der Waals surface area contributed by atoms with Gasteiger partial charge in [-0.15, -0.1) is 0 Å². The molecule has 1 aliphatic heterocycles. The van der Waals surface area contributed by atoms with Gasteiger partial charge in [0.1, 0.15) is 5.82 Å². The van der Waals surface area contributed by atoms with E-state index in [2.05, 4.69) is 0 Å². The van der Waals surface area contributed by atoms with E-state index in [1.165, 1.54) is 12.1 Å². The molecule has 2 rings (SSSR count). The van der Waals surface area contributed by atoms with Gasteiger partial charge in [0.2, 0.25) is 0 Å². The van der Waals surface area contributed by atoms with Gasteiger partial charge in [0.15, 0.2) is 0 Å². The van der Waals surface area contributed by atoms with Crippen LogP contribution in [0.15, 0.2) is 24.3 Å². The number of aliphatic hydroxyl groups excluding tert-OH is 1. The van der Waals surface area contributed by atoms with Crippen molar-refractivity contribution in [3.63, 3.8) is 0 Å². The van der Waals surface area contributed by atoms with Crippen molar-refractivity contribution in [1.29, 1.82) is 0 Å². The van der Waals surface area contributed by atoms with Crippen LogP contribution in [0.1, 0.15) is 24.3 Å². The molecule has 1 fully saturated rings. The average molecular weight is 253 g/mol. The Morgan fingerprint density at radius 3 is 2.44 bits per heavy atom. The van der Waals surface area contributed by atoms with E-state index in [0.29, 0.717) is 19.8 Å². The molecule has 0 saturated carbocycles. The Bertz CT molecular complexity index is 363. The molecule has 2 atom stereocenters. The Labute approximate surface area is 107 Å². The lowest BCUT2D eigenvalue weighted by Gasteiger charge is -2.32. The van der Waals surface area contributed by atoms with Gasteiger partial charge in [0.25, 0.3) is 0 Å². The van der Waals surface area contributed by atoms with Gasteiger partial charge in [0, 0.05) is 25.7 Å². The summed E-state index contributed by atoms with van der Waals surface area (Å²) in [6, 6.07) is 6.23. The number of rotatable bonds is 4. The monoisotopic (exact) mass is 253 g/mol. The second-order valence-electron chi connectivity index (χ2n) is 4.83. The average Bonchev–Trinajstić information content (AvgIpc) is 2.42. The van der Waals surface area contributed by atoms with Crippen LogP contribution in [-0.2, 0) is 4.74 Å². The number of halogens is 1. The van der Waals surface area contributed by atoms with Crippen LogP contribution in [0.2, 0.25) is 0 Å². The number of aliphatic hydroxyl groups is 1. The van der Waals surface area contributed by atoms with Crippen LogP contribution in [0, 0.1) is 11.7 Å². The predicted molar refractivity (Wildman–Crippen MR) is 67.7 cm³/mol. The summed E-state index contributed by atoms with van der Waals surface area (Å²) in [7, 11) is 0. The second kappa shape index (κ2) is 6.27. The van der Waals surface area contributed by atoms with Crippen molar-refractivity contribution in [2.75, 3.05) is 19.8 Å². The molecule has 1 aliphatic rings. The summed E-state index contributed by atoms with van der Waals surface area (Å²) >= 11 is 0. The van der Waals surface area contributed by atoms with Crippen molar-refractivity contribution in [2.24, 2.45) is 11.7 Å². The van der Waals surface area contributed by atoms with Crippen LogP contribution in [0.3, 0.4) is 0 Å². The highest BCUT2D eigenvalue weighted by atomic mass is 19.1. The zero-order valence-corrected chi connectivity index (χ0v) is 10.4. The maximum atomic E-state index is 12.9. The third-order valence-corrected chi connectivity index (χ3v) is 3.71. The van der Waals surface area contributed by atoms with Crippen molar-refractivity contribution in [2.45, 2.75) is 24.9 Å². The van der Waals surface area contributed by atoms with Gasteiger partial charge in [-0.05, 0) is 36.5 Å². The van der Waals surface area contributed by atoms with Crippen LogP contribution >= 0.6 is 0 Å². The summed E-state index contributed by atoms with van der Waals surface area (Å²) in [5.41, 5.74) is 6.67. The molecule has 18 heavy (non-hydrogen) atoms. The quantitative estimate of drug-likeness (QED) is 0.858. The van der Waals surface area contributed by atoms with Crippen molar-refractivity contribution in [3.05, 3.63) is 35.6 Å². The molecule has 3 nitrogen and oxygen atoms in total. The SMILES string of the molecule is NCC(c1ccc(F)cc1)C(O)C1CCOCC1. The molecule has 1 aromatic carbocycles. The van der Waals surface area contributed by atoms with E-state index in [9.17, 15) is 9.50 Å². The van der Waals surface area contributed by atoms with E-state index >= 15 is 0 Å². The number of hydrogen-bond donors (Lipinski definition) is 2. The van der Waals surface area contributed by atoms with Gasteiger partial charge < -0.3 is 15.6 Å². The third kappa shape index (κ3) is 3.07. The second-order valence-corrected chi connectivity index (χ2v) is 4.83. The zero-order valence-electron chi connectivity index (χ0n) is 10.4. The Balaban J connectivity index is 2.09. The number of ether oxygens (including phenoxy) is 1. The Morgan fingerprint density at radius 2 is 1.89 bits per heavy atom. The first kappa shape index (κ1) is 13.5. The molecule has 3 N–H and O–H groups in total. The van der Waals surface area contributed by atoms with Crippen LogP contribution in [-0.4, -0.2) is 31.0 Å². The van der Waals surface area contributed by atoms with Gasteiger partial charge in [0.05, 0.1) is 6.10 Å². The summed E-state index contributed by atoms with van der Waals surface area (Å²) < 4.78 is 18.2. The van der Waals surface area contributed by atoms with Crippen molar-refractivity contribution >= 4 is 0 Å². The van der Waals surface area contributed by atoms with Crippen LogP contribution < -0.4 is 5.73 Å². The topological polar surface area (TPSA) is 55.5 Å². The van der Waals surface area contributed by atoms with Crippen LogP contribution in [0.25, 0.3) is 0 Å². The lowest BCUT2D eigenvalue weighted by molar-refractivity contribution is -0.00194. The molecule has 1 heterocycles. The molecule has 100 valence electrons. The molecule has 0 amide bonds. The van der Waals surface area contributed by atoms with E-state index in [4.69, 9.17) is 10.5 Å². The van der Waals surface area contributed by atoms with E-state index in [-0.39, 0.29) is 17.7 Å². The molecule has 1 saturated heterocycles. The number of benzene rings is 1. The first-order chi connectivity index (χ1) is 8.72. The van der Waals surface area contributed by atoms with Gasteiger partial charge in [-0.2, -0.15) is 0 Å². The molecular formula is C14H20FNO2. The first-order valence-corrected chi connectivity index (χ1v) is 6.43. The van der Waals surface area contributed by atoms with Crippen molar-refractivity contribution < 1.29 is 14.2 Å². The lowest BCUT2D eigenvalue weighted by atomic mass is 9.82. The molecule has 0 spiro atoms. The summed E-state index contributed by atoms with van der Waals surface area (Å²) in [4.78, 5) is 0. The molecule has 0 radical (unpaired) electrons. The molecule has 0 bridgehead atoms. The normalized spacial score (nSPS) is 20.6. The minimum absolute atomic E-state index is 0.131. The summed E-state index contributed by atoms with van der Waals surface area (Å²) in [6.45, 7) is 1.76. The smallest absolute Gasteiger partial charge is 0.123 e. The highest BCUT2D eigenvalue weighted by Crippen LogP contribution is 2.29. The zero-order chi connectivity index (χ0) is 13.0. The maximum absolute atomic E-state index is 12.9. The van der Waals surface area contributed by atoms with Gasteiger partial charge >= 0.3 is 0 Å². The standard InChI is InChI=1S/C14H20FNO2/c15-12-3-1-10(2-4-12)13(9-16)14(17)11-5-7-18-8-6-11/h1-4,11,13-14,17H,5-9,16H2. The molecular weight excluding hydrogens is 233 g/mol. The molecule has 1 aromatic rings. The molecule has 0 aliphatic carbocycles. The summed E-state index contributed by atoms with van der Waals surface area (Å²) in [6.07, 6.45) is 1.24. The minimum Gasteiger partial charge on any atom is -0.392 e. The highest BCUT2D eigenvalue weighted by molar-refractivity contribution is 5.22. The third-order valence-electron chi connectivity index (χ3n) is 3.71. The Kier molecular flexibility index (Phi) is 4.69. The summed E-state index contributed by atoms with van der Waals surface area (Å²) in [5.74, 6) is -0.180.